The van der Waals surface area contributed by atoms with Crippen molar-refractivity contribution in [2.75, 3.05) is 39.3 Å². The van der Waals surface area contributed by atoms with Crippen LogP contribution in [0.5, 0.6) is 0 Å². The Morgan fingerprint density at radius 2 is 2.04 bits per heavy atom. The van der Waals surface area contributed by atoms with Crippen LogP contribution in [0.3, 0.4) is 0 Å². The number of nitrogens with zero attached hydrogens (tertiary/aromatic N) is 2. The van der Waals surface area contributed by atoms with E-state index in [-0.39, 0.29) is 5.91 Å². The van der Waals surface area contributed by atoms with Crippen LogP contribution >= 0.6 is 11.3 Å². The van der Waals surface area contributed by atoms with Crippen molar-refractivity contribution < 1.29 is 4.79 Å². The summed E-state index contributed by atoms with van der Waals surface area (Å²) in [5.74, 6) is 0.0665. The fraction of sp³-hybridized carbons (Fsp3) is 0.474. The molecule has 0 spiro atoms. The summed E-state index contributed by atoms with van der Waals surface area (Å²) in [4.78, 5) is 19.1. The quantitative estimate of drug-likeness (QED) is 0.705. The lowest BCUT2D eigenvalue weighted by Gasteiger charge is -2.27. The van der Waals surface area contributed by atoms with Crippen LogP contribution in [0.1, 0.15) is 22.7 Å². The van der Waals surface area contributed by atoms with Crippen molar-refractivity contribution in [3.63, 3.8) is 0 Å². The van der Waals surface area contributed by atoms with Crippen LogP contribution in [-0.4, -0.2) is 55.1 Å². The second-order valence-electron chi connectivity index (χ2n) is 6.37. The highest BCUT2D eigenvalue weighted by Gasteiger charge is 2.10. The first-order chi connectivity index (χ1) is 12.3. The van der Waals surface area contributed by atoms with Crippen molar-refractivity contribution in [1.29, 1.82) is 0 Å². The maximum atomic E-state index is 12.1. The number of aromatic nitrogens is 1. The van der Waals surface area contributed by atoms with Gasteiger partial charge in [0.05, 0.1) is 17.1 Å². The van der Waals surface area contributed by atoms with Gasteiger partial charge in [0.2, 0.25) is 5.91 Å². The minimum absolute atomic E-state index is 0.0665. The minimum atomic E-state index is 0.0665. The van der Waals surface area contributed by atoms with Gasteiger partial charge in [0.25, 0.3) is 0 Å². The standard InChI is InChI=1S/C19H26N4OS/c24-18(21-7-4-10-23-11-8-20-9-12-23)14-17-15-25-19(22-17)13-16-5-2-1-3-6-16/h1-3,5-6,15,20H,4,7-14H2,(H,21,24). The number of hydrogen-bond acceptors (Lipinski definition) is 5. The number of nitrogens with one attached hydrogen (secondary N) is 2. The number of amides is 1. The number of piperazine rings is 1. The first-order valence-electron chi connectivity index (χ1n) is 8.96. The zero-order chi connectivity index (χ0) is 17.3. The van der Waals surface area contributed by atoms with Crippen LogP contribution in [-0.2, 0) is 17.6 Å². The van der Waals surface area contributed by atoms with Crippen LogP contribution < -0.4 is 10.6 Å². The van der Waals surface area contributed by atoms with E-state index < -0.39 is 0 Å². The Morgan fingerprint density at radius 1 is 1.24 bits per heavy atom. The van der Waals surface area contributed by atoms with Gasteiger partial charge in [-0.05, 0) is 18.5 Å². The van der Waals surface area contributed by atoms with Crippen LogP contribution in [0.25, 0.3) is 0 Å². The molecule has 0 bridgehead atoms. The second-order valence-corrected chi connectivity index (χ2v) is 7.31. The van der Waals surface area contributed by atoms with Crippen molar-refractivity contribution in [1.82, 2.24) is 20.5 Å². The van der Waals surface area contributed by atoms with Gasteiger partial charge >= 0.3 is 0 Å². The predicted molar refractivity (Wildman–Crippen MR) is 102 cm³/mol. The van der Waals surface area contributed by atoms with Gasteiger partial charge in [0.1, 0.15) is 0 Å². The lowest BCUT2D eigenvalue weighted by Crippen LogP contribution is -2.44. The molecular formula is C19H26N4OS. The Morgan fingerprint density at radius 3 is 2.84 bits per heavy atom. The monoisotopic (exact) mass is 358 g/mol. The molecule has 1 saturated heterocycles. The van der Waals surface area contributed by atoms with E-state index in [0.717, 1.165) is 62.8 Å². The van der Waals surface area contributed by atoms with Crippen LogP contribution in [0, 0.1) is 0 Å². The van der Waals surface area contributed by atoms with E-state index in [9.17, 15) is 4.79 Å². The number of benzene rings is 1. The van der Waals surface area contributed by atoms with Gasteiger partial charge in [0, 0.05) is 44.5 Å². The normalized spacial score (nSPS) is 15.2. The zero-order valence-electron chi connectivity index (χ0n) is 14.5. The van der Waals surface area contributed by atoms with Gasteiger partial charge < -0.3 is 15.5 Å². The van der Waals surface area contributed by atoms with Gasteiger partial charge in [0.15, 0.2) is 0 Å². The summed E-state index contributed by atoms with van der Waals surface area (Å²) in [6, 6.07) is 10.3. The second kappa shape index (κ2) is 9.65. The molecule has 3 rings (SSSR count). The number of hydrogen-bond donors (Lipinski definition) is 2. The van der Waals surface area contributed by atoms with E-state index in [1.807, 2.05) is 23.6 Å². The molecule has 134 valence electrons. The van der Waals surface area contributed by atoms with Crippen molar-refractivity contribution in [2.24, 2.45) is 0 Å². The van der Waals surface area contributed by atoms with Gasteiger partial charge in [-0.25, -0.2) is 4.98 Å². The van der Waals surface area contributed by atoms with E-state index in [1.54, 1.807) is 11.3 Å². The summed E-state index contributed by atoms with van der Waals surface area (Å²) < 4.78 is 0. The van der Waals surface area contributed by atoms with Crippen molar-refractivity contribution in [2.45, 2.75) is 19.3 Å². The van der Waals surface area contributed by atoms with Crippen LogP contribution in [0.15, 0.2) is 35.7 Å². The van der Waals surface area contributed by atoms with Crippen molar-refractivity contribution >= 4 is 17.2 Å². The average molecular weight is 359 g/mol. The topological polar surface area (TPSA) is 57.3 Å². The maximum absolute atomic E-state index is 12.1. The SMILES string of the molecule is O=C(Cc1csc(Cc2ccccc2)n1)NCCCN1CCNCC1. The van der Waals surface area contributed by atoms with Crippen LogP contribution in [0.2, 0.25) is 0 Å². The third-order valence-corrected chi connectivity index (χ3v) is 5.22. The molecule has 1 aliphatic heterocycles. The lowest BCUT2D eigenvalue weighted by atomic mass is 10.2. The van der Waals surface area contributed by atoms with E-state index in [2.05, 4.69) is 32.7 Å². The number of thiazole rings is 1. The molecule has 2 aromatic rings. The Labute approximate surface area is 153 Å². The highest BCUT2D eigenvalue weighted by molar-refractivity contribution is 7.09. The van der Waals surface area contributed by atoms with Gasteiger partial charge in [-0.3, -0.25) is 4.79 Å². The summed E-state index contributed by atoms with van der Waals surface area (Å²) in [6.07, 6.45) is 2.21. The summed E-state index contributed by atoms with van der Waals surface area (Å²) in [7, 11) is 0. The fourth-order valence-electron chi connectivity index (χ4n) is 2.97. The molecule has 0 atom stereocenters. The van der Waals surface area contributed by atoms with E-state index in [0.29, 0.717) is 6.42 Å². The van der Waals surface area contributed by atoms with Gasteiger partial charge in [-0.1, -0.05) is 30.3 Å². The Hall–Kier alpha value is -1.76. The largest absolute Gasteiger partial charge is 0.356 e. The Kier molecular flexibility index (Phi) is 6.97. The molecule has 0 aliphatic carbocycles. The molecule has 5 nitrogen and oxygen atoms in total. The molecule has 25 heavy (non-hydrogen) atoms. The van der Waals surface area contributed by atoms with Gasteiger partial charge in [-0.15, -0.1) is 11.3 Å². The van der Waals surface area contributed by atoms with E-state index in [4.69, 9.17) is 0 Å². The third-order valence-electron chi connectivity index (χ3n) is 4.32. The highest BCUT2D eigenvalue weighted by atomic mass is 32.1. The number of rotatable bonds is 8. The van der Waals surface area contributed by atoms with E-state index >= 15 is 0 Å². The van der Waals surface area contributed by atoms with Crippen molar-refractivity contribution in [3.8, 4) is 0 Å². The summed E-state index contributed by atoms with van der Waals surface area (Å²) in [5.41, 5.74) is 2.12. The molecule has 6 heteroatoms. The predicted octanol–water partition coefficient (Wildman–Crippen LogP) is 1.69. The third kappa shape index (κ3) is 6.23. The number of carbonyl (C=O) groups is 1. The van der Waals surface area contributed by atoms with Crippen molar-refractivity contribution in [3.05, 3.63) is 52.0 Å². The molecule has 0 unspecified atom stereocenters. The highest BCUT2D eigenvalue weighted by Crippen LogP contribution is 2.15. The molecular weight excluding hydrogens is 332 g/mol. The molecule has 1 amide bonds. The summed E-state index contributed by atoms with van der Waals surface area (Å²) >= 11 is 1.63. The molecule has 2 heterocycles. The zero-order valence-corrected chi connectivity index (χ0v) is 15.4. The first-order valence-corrected chi connectivity index (χ1v) is 9.84. The molecule has 1 aromatic heterocycles. The molecule has 0 saturated carbocycles. The number of carbonyl (C=O) groups excluding carboxylic acids is 1. The molecule has 2 N–H and O–H groups in total. The van der Waals surface area contributed by atoms with Crippen LogP contribution in [0.4, 0.5) is 0 Å². The molecule has 1 aliphatic rings. The lowest BCUT2D eigenvalue weighted by molar-refractivity contribution is -0.120. The summed E-state index contributed by atoms with van der Waals surface area (Å²) in [5, 5.41) is 9.42. The Bertz CT molecular complexity index is 652. The average Bonchev–Trinajstić information content (AvgIpc) is 3.07. The fourth-order valence-corrected chi connectivity index (χ4v) is 3.80. The smallest absolute Gasteiger partial charge is 0.226 e. The van der Waals surface area contributed by atoms with E-state index in [1.165, 1.54) is 5.56 Å². The maximum Gasteiger partial charge on any atom is 0.226 e. The minimum Gasteiger partial charge on any atom is -0.356 e. The molecule has 1 fully saturated rings. The Balaban J connectivity index is 1.35. The molecule has 1 aromatic carbocycles. The molecule has 0 radical (unpaired) electrons. The first kappa shape index (κ1) is 18.0. The summed E-state index contributed by atoms with van der Waals surface area (Å²) in [6.45, 7) is 6.15. The van der Waals surface area contributed by atoms with Gasteiger partial charge in [-0.2, -0.15) is 0 Å².